The highest BCUT2D eigenvalue weighted by molar-refractivity contribution is 7.00. The van der Waals surface area contributed by atoms with Gasteiger partial charge in [-0.2, -0.15) is 8.75 Å². The third-order valence-electron chi connectivity index (χ3n) is 7.30. The lowest BCUT2D eigenvalue weighted by Gasteiger charge is -2.33. The summed E-state index contributed by atoms with van der Waals surface area (Å²) in [4.78, 5) is 43.3. The van der Waals surface area contributed by atoms with Crippen molar-refractivity contribution in [1.82, 2.24) is 18.5 Å². The van der Waals surface area contributed by atoms with Crippen LogP contribution in [0.2, 0.25) is 0 Å². The molecule has 3 amide bonds. The zero-order valence-electron chi connectivity index (χ0n) is 19.6. The van der Waals surface area contributed by atoms with E-state index in [1.165, 1.54) is 21.9 Å². The number of rotatable bonds is 6. The smallest absolute Gasteiger partial charge is 0.241 e. The van der Waals surface area contributed by atoms with E-state index in [0.29, 0.717) is 6.54 Å². The maximum atomic E-state index is 15.1. The number of hydrogen-bond donors (Lipinski definition) is 0. The zero-order valence-corrected chi connectivity index (χ0v) is 20.4. The van der Waals surface area contributed by atoms with Crippen molar-refractivity contribution in [2.45, 2.75) is 62.9 Å². The molecule has 0 radical (unpaired) electrons. The van der Waals surface area contributed by atoms with Gasteiger partial charge in [-0.1, -0.05) is 43.5 Å². The summed E-state index contributed by atoms with van der Waals surface area (Å²) in [5, 5.41) is 0. The van der Waals surface area contributed by atoms with Crippen LogP contribution in [0.3, 0.4) is 0 Å². The van der Waals surface area contributed by atoms with Gasteiger partial charge >= 0.3 is 0 Å². The van der Waals surface area contributed by atoms with Crippen LogP contribution in [0.5, 0.6) is 0 Å². The summed E-state index contributed by atoms with van der Waals surface area (Å²) < 4.78 is 23.5. The van der Waals surface area contributed by atoms with Crippen molar-refractivity contribution in [2.24, 2.45) is 0 Å². The van der Waals surface area contributed by atoms with Crippen molar-refractivity contribution in [3.8, 4) is 0 Å². The zero-order chi connectivity index (χ0) is 24.6. The Bertz CT molecular complexity index is 1290. The molecule has 2 aliphatic rings. The van der Waals surface area contributed by atoms with Crippen molar-refractivity contribution in [2.75, 3.05) is 7.05 Å². The molecule has 1 aliphatic carbocycles. The molecule has 182 valence electrons. The summed E-state index contributed by atoms with van der Waals surface area (Å²) in [6, 6.07) is 11.4. The molecule has 7 nitrogen and oxygen atoms in total. The van der Waals surface area contributed by atoms with Crippen molar-refractivity contribution in [3.05, 3.63) is 59.4 Å². The lowest BCUT2D eigenvalue weighted by Crippen LogP contribution is -2.47. The third kappa shape index (κ3) is 4.33. The molecule has 35 heavy (non-hydrogen) atoms. The van der Waals surface area contributed by atoms with Crippen molar-refractivity contribution in [3.63, 3.8) is 0 Å². The Balaban J connectivity index is 1.43. The van der Waals surface area contributed by atoms with Crippen molar-refractivity contribution in [1.29, 1.82) is 0 Å². The lowest BCUT2D eigenvalue weighted by atomic mass is 9.75. The summed E-state index contributed by atoms with van der Waals surface area (Å²) in [5.41, 5.74) is 1.01. The quantitative estimate of drug-likeness (QED) is 0.480. The van der Waals surface area contributed by atoms with Crippen molar-refractivity contribution >= 4 is 40.5 Å². The number of benzene rings is 2. The molecule has 1 atom stereocenters. The fraction of sp³-hybridized carbons (Fsp3) is 0.423. The number of amides is 3. The Morgan fingerprint density at radius 1 is 1.11 bits per heavy atom. The van der Waals surface area contributed by atoms with E-state index in [1.807, 2.05) is 18.2 Å². The monoisotopic (exact) mass is 494 g/mol. The predicted octanol–water partition coefficient (Wildman–Crippen LogP) is 4.21. The van der Waals surface area contributed by atoms with E-state index in [9.17, 15) is 14.4 Å². The third-order valence-corrected chi connectivity index (χ3v) is 7.85. The summed E-state index contributed by atoms with van der Waals surface area (Å²) in [5.74, 6) is -1.66. The number of hydrogen-bond acceptors (Lipinski definition) is 6. The molecule has 1 saturated carbocycles. The number of aromatic nitrogens is 2. The first-order chi connectivity index (χ1) is 16.9. The van der Waals surface area contributed by atoms with Crippen LogP contribution in [0.25, 0.3) is 11.0 Å². The molecule has 1 aromatic heterocycles. The fourth-order valence-electron chi connectivity index (χ4n) is 5.45. The molecule has 0 spiro atoms. The van der Waals surface area contributed by atoms with Gasteiger partial charge in [-0.15, -0.1) is 0 Å². The lowest BCUT2D eigenvalue weighted by molar-refractivity contribution is -0.145. The maximum absolute atomic E-state index is 15.1. The van der Waals surface area contributed by atoms with Crippen LogP contribution in [0, 0.1) is 5.82 Å². The first-order valence-corrected chi connectivity index (χ1v) is 12.7. The van der Waals surface area contributed by atoms with Gasteiger partial charge in [0.2, 0.25) is 17.7 Å². The minimum Gasteiger partial charge on any atom is -0.341 e. The molecule has 2 heterocycles. The first-order valence-electron chi connectivity index (χ1n) is 12.0. The minimum absolute atomic E-state index is 0.119. The van der Waals surface area contributed by atoms with E-state index >= 15 is 4.39 Å². The minimum atomic E-state index is -1.53. The van der Waals surface area contributed by atoms with E-state index in [1.54, 1.807) is 19.2 Å². The molecule has 0 bridgehead atoms. The van der Waals surface area contributed by atoms with E-state index in [0.717, 1.165) is 60.4 Å². The molecule has 9 heteroatoms. The largest absolute Gasteiger partial charge is 0.341 e. The summed E-state index contributed by atoms with van der Waals surface area (Å²) >= 11 is 1.13. The second-order valence-electron chi connectivity index (χ2n) is 9.61. The molecule has 0 N–H and O–H groups in total. The Morgan fingerprint density at radius 3 is 2.63 bits per heavy atom. The van der Waals surface area contributed by atoms with Gasteiger partial charge < -0.3 is 4.90 Å². The van der Waals surface area contributed by atoms with Gasteiger partial charge in [0, 0.05) is 38.0 Å². The predicted molar refractivity (Wildman–Crippen MR) is 130 cm³/mol. The van der Waals surface area contributed by atoms with Gasteiger partial charge in [0.15, 0.2) is 0 Å². The van der Waals surface area contributed by atoms with Crippen LogP contribution in [0.15, 0.2) is 42.5 Å². The molecule has 1 unspecified atom stereocenters. The first kappa shape index (κ1) is 23.5. The van der Waals surface area contributed by atoms with E-state index in [2.05, 4.69) is 8.75 Å². The summed E-state index contributed by atoms with van der Waals surface area (Å²) in [6.45, 7) is 0.300. The van der Waals surface area contributed by atoms with Gasteiger partial charge in [0.25, 0.3) is 0 Å². The standard InChI is InChI=1S/C26H27FN4O3S/c1-30(16-17-11-12-21-22(13-17)29-35-28-21)23(32)14-26(19-9-5-6-10-20(19)27)15-24(33)31(25(26)34)18-7-3-2-4-8-18/h5-6,9-13,18H,2-4,7-8,14-16H2,1H3. The van der Waals surface area contributed by atoms with E-state index < -0.39 is 17.1 Å². The number of halogens is 1. The van der Waals surface area contributed by atoms with Gasteiger partial charge in [0.1, 0.15) is 16.9 Å². The maximum Gasteiger partial charge on any atom is 0.241 e. The van der Waals surface area contributed by atoms with Gasteiger partial charge in [0.05, 0.1) is 17.1 Å². The second-order valence-corrected chi connectivity index (χ2v) is 10.1. The molecular formula is C26H27FN4O3S. The van der Waals surface area contributed by atoms with Crippen LogP contribution in [0.4, 0.5) is 4.39 Å². The number of carbonyl (C=O) groups excluding carboxylic acids is 3. The molecule has 1 aliphatic heterocycles. The van der Waals surface area contributed by atoms with E-state index in [-0.39, 0.29) is 36.3 Å². The van der Waals surface area contributed by atoms with Gasteiger partial charge in [-0.05, 0) is 36.6 Å². The highest BCUT2D eigenvalue weighted by Crippen LogP contribution is 2.43. The Hall–Kier alpha value is -3.20. The molecule has 2 aromatic carbocycles. The Kier molecular flexibility index (Phi) is 6.35. The van der Waals surface area contributed by atoms with Crippen molar-refractivity contribution < 1.29 is 18.8 Å². The molecule has 5 rings (SSSR count). The number of likely N-dealkylation sites (tertiary alicyclic amines) is 1. The SMILES string of the molecule is CN(Cc1ccc2nsnc2c1)C(=O)CC1(c2ccccc2F)CC(=O)N(C2CCCCC2)C1=O. The van der Waals surface area contributed by atoms with Crippen LogP contribution in [-0.2, 0) is 26.3 Å². The topological polar surface area (TPSA) is 83.5 Å². The highest BCUT2D eigenvalue weighted by Gasteiger charge is 2.56. The molecule has 3 aromatic rings. The Labute approximate surface area is 207 Å². The molecular weight excluding hydrogens is 467 g/mol. The number of nitrogens with zero attached hydrogens (tertiary/aromatic N) is 4. The normalized spacial score (nSPS) is 21.1. The van der Waals surface area contributed by atoms with Crippen LogP contribution >= 0.6 is 11.7 Å². The molecule has 2 fully saturated rings. The average molecular weight is 495 g/mol. The highest BCUT2D eigenvalue weighted by atomic mass is 32.1. The fourth-order valence-corrected chi connectivity index (χ4v) is 5.96. The van der Waals surface area contributed by atoms with E-state index in [4.69, 9.17) is 0 Å². The average Bonchev–Trinajstić information content (AvgIpc) is 3.41. The van der Waals surface area contributed by atoms with Gasteiger partial charge in [-0.3, -0.25) is 19.3 Å². The summed E-state index contributed by atoms with van der Waals surface area (Å²) in [6.07, 6.45) is 4.04. The van der Waals surface area contributed by atoms with Crippen LogP contribution in [-0.4, -0.2) is 49.4 Å². The number of fused-ring (bicyclic) bond motifs is 1. The second kappa shape index (κ2) is 9.45. The summed E-state index contributed by atoms with van der Waals surface area (Å²) in [7, 11) is 1.65. The van der Waals surface area contributed by atoms with Gasteiger partial charge in [-0.25, -0.2) is 4.39 Å². The number of imide groups is 1. The molecule has 1 saturated heterocycles. The Morgan fingerprint density at radius 2 is 1.86 bits per heavy atom. The van der Waals surface area contributed by atoms with Crippen LogP contribution in [0.1, 0.15) is 56.1 Å². The van der Waals surface area contributed by atoms with Crippen LogP contribution < -0.4 is 0 Å². The number of carbonyl (C=O) groups is 3.